The molecule has 0 aliphatic carbocycles. The first-order chi connectivity index (χ1) is 4.31. The molecule has 3 heteroatoms. The third-order valence-corrected chi connectivity index (χ3v) is 0.565. The molecule has 3 nitrogen and oxygen atoms in total. The van der Waals surface area contributed by atoms with E-state index in [1.165, 1.54) is 0 Å². The first-order valence-corrected chi connectivity index (χ1v) is 2.31. The Bertz CT molecular complexity index is 172. The highest BCUT2D eigenvalue weighted by Crippen LogP contribution is 1.79. The number of hydrogen-bond donors (Lipinski definition) is 0. The Morgan fingerprint density at radius 1 is 1.78 bits per heavy atom. The molecular weight excluding hydrogens is 118 g/mol. The first-order valence-electron chi connectivity index (χ1n) is 2.31. The van der Waals surface area contributed by atoms with Crippen molar-refractivity contribution in [2.45, 2.75) is 6.42 Å². The second-order valence-corrected chi connectivity index (χ2v) is 1.19. The van der Waals surface area contributed by atoms with E-state index in [4.69, 9.17) is 5.26 Å². The van der Waals surface area contributed by atoms with Crippen LogP contribution in [-0.2, 0) is 9.53 Å². The Morgan fingerprint density at radius 3 is 2.89 bits per heavy atom. The second kappa shape index (κ2) is 4.67. The molecule has 0 rings (SSSR count). The number of carbonyl (C=O) groups is 1. The van der Waals surface area contributed by atoms with E-state index in [-0.39, 0.29) is 13.0 Å². The molecule has 0 aromatic rings. The van der Waals surface area contributed by atoms with Crippen LogP contribution in [0.1, 0.15) is 6.42 Å². The fourth-order valence-electron chi connectivity index (χ4n) is 0.231. The van der Waals surface area contributed by atoms with E-state index in [1.54, 1.807) is 12.0 Å². The molecule has 0 atom stereocenters. The van der Waals surface area contributed by atoms with Crippen molar-refractivity contribution in [1.29, 1.82) is 5.26 Å². The van der Waals surface area contributed by atoms with Gasteiger partial charge in [-0.1, -0.05) is 0 Å². The summed E-state index contributed by atoms with van der Waals surface area (Å²) in [5.41, 5.74) is 0. The van der Waals surface area contributed by atoms with Crippen LogP contribution in [0.2, 0.25) is 0 Å². The van der Waals surface area contributed by atoms with Gasteiger partial charge in [0.25, 0.3) is 0 Å². The van der Waals surface area contributed by atoms with Gasteiger partial charge in [0.2, 0.25) is 0 Å². The van der Waals surface area contributed by atoms with Gasteiger partial charge in [0, 0.05) is 5.92 Å². The van der Waals surface area contributed by atoms with Crippen LogP contribution in [0.25, 0.3) is 0 Å². The van der Waals surface area contributed by atoms with E-state index < -0.39 is 5.97 Å². The maximum absolute atomic E-state index is 10.1. The lowest BCUT2D eigenvalue weighted by Gasteiger charge is -1.91. The van der Waals surface area contributed by atoms with Crippen LogP contribution in [0.4, 0.5) is 0 Å². The maximum Gasteiger partial charge on any atom is 0.384 e. The summed E-state index contributed by atoms with van der Waals surface area (Å²) in [4.78, 5) is 10.1. The molecule has 0 spiro atoms. The summed E-state index contributed by atoms with van der Waals surface area (Å²) >= 11 is 0. The number of esters is 1. The Hall–Kier alpha value is -1.48. The van der Waals surface area contributed by atoms with Crippen LogP contribution in [0.3, 0.4) is 0 Å². The van der Waals surface area contributed by atoms with Crippen molar-refractivity contribution in [3.8, 4) is 18.4 Å². The summed E-state index contributed by atoms with van der Waals surface area (Å²) in [5, 5.41) is 7.96. The molecule has 0 bridgehead atoms. The van der Waals surface area contributed by atoms with Crippen molar-refractivity contribution in [2.75, 3.05) is 6.61 Å². The zero-order valence-electron chi connectivity index (χ0n) is 4.76. The van der Waals surface area contributed by atoms with E-state index in [1.807, 2.05) is 0 Å². The molecule has 0 amide bonds. The lowest BCUT2D eigenvalue weighted by atomic mass is 10.5. The third-order valence-electron chi connectivity index (χ3n) is 0.565. The number of hydrogen-bond acceptors (Lipinski definition) is 3. The molecule has 0 saturated heterocycles. The topological polar surface area (TPSA) is 50.1 Å². The minimum Gasteiger partial charge on any atom is -0.455 e. The fourth-order valence-corrected chi connectivity index (χ4v) is 0.231. The number of terminal acetylenes is 1. The van der Waals surface area contributed by atoms with E-state index in [0.29, 0.717) is 0 Å². The van der Waals surface area contributed by atoms with Crippen LogP contribution < -0.4 is 0 Å². The molecule has 0 radical (unpaired) electrons. The minimum absolute atomic E-state index is 0.0829. The molecule has 0 unspecified atom stereocenters. The van der Waals surface area contributed by atoms with E-state index in [2.05, 4.69) is 11.2 Å². The van der Waals surface area contributed by atoms with Gasteiger partial charge in [-0.2, -0.15) is 5.26 Å². The maximum atomic E-state index is 10.1. The van der Waals surface area contributed by atoms with Crippen molar-refractivity contribution in [2.24, 2.45) is 0 Å². The number of nitriles is 1. The monoisotopic (exact) mass is 123 g/mol. The molecule has 0 aliphatic rings. The van der Waals surface area contributed by atoms with Gasteiger partial charge < -0.3 is 4.74 Å². The lowest BCUT2D eigenvalue weighted by Crippen LogP contribution is -2.01. The van der Waals surface area contributed by atoms with E-state index >= 15 is 0 Å². The SMILES string of the molecule is C#CC(=O)OCCC#N. The number of nitrogens with zero attached hydrogens (tertiary/aromatic N) is 1. The highest BCUT2D eigenvalue weighted by molar-refractivity contribution is 5.87. The lowest BCUT2D eigenvalue weighted by molar-refractivity contribution is -0.136. The first kappa shape index (κ1) is 7.52. The third kappa shape index (κ3) is 4.37. The average Bonchev–Trinajstić information content (AvgIpc) is 1.89. The Labute approximate surface area is 53.2 Å². The van der Waals surface area contributed by atoms with Gasteiger partial charge in [0.15, 0.2) is 0 Å². The van der Waals surface area contributed by atoms with Gasteiger partial charge >= 0.3 is 5.97 Å². The van der Waals surface area contributed by atoms with Crippen molar-refractivity contribution in [1.82, 2.24) is 0 Å². The summed E-state index contributed by atoms with van der Waals surface area (Å²) in [6.45, 7) is 0.0829. The highest BCUT2D eigenvalue weighted by atomic mass is 16.5. The van der Waals surface area contributed by atoms with Crippen LogP contribution in [0.5, 0.6) is 0 Å². The smallest absolute Gasteiger partial charge is 0.384 e. The normalized spacial score (nSPS) is 6.89. The summed E-state index contributed by atoms with van der Waals surface area (Å²) in [6.07, 6.45) is 4.83. The van der Waals surface area contributed by atoms with Crippen LogP contribution in [0, 0.1) is 23.7 Å². The quantitative estimate of drug-likeness (QED) is 0.226. The Balaban J connectivity index is 3.23. The van der Waals surface area contributed by atoms with E-state index in [0.717, 1.165) is 0 Å². The van der Waals surface area contributed by atoms with Crippen molar-refractivity contribution in [3.05, 3.63) is 0 Å². The van der Waals surface area contributed by atoms with Crippen LogP contribution in [-0.4, -0.2) is 12.6 Å². The molecule has 0 heterocycles. The summed E-state index contributed by atoms with van der Waals surface area (Å²) < 4.78 is 4.33. The van der Waals surface area contributed by atoms with Gasteiger partial charge in [0.05, 0.1) is 12.5 Å². The highest BCUT2D eigenvalue weighted by Gasteiger charge is 1.92. The van der Waals surface area contributed by atoms with Crippen molar-refractivity contribution in [3.63, 3.8) is 0 Å². The van der Waals surface area contributed by atoms with Crippen LogP contribution in [0.15, 0.2) is 0 Å². The summed E-state index contributed by atoms with van der Waals surface area (Å²) in [7, 11) is 0. The van der Waals surface area contributed by atoms with Gasteiger partial charge in [-0.3, -0.25) is 0 Å². The molecule has 0 fully saturated rings. The summed E-state index contributed by atoms with van der Waals surface area (Å²) in [6, 6.07) is 1.80. The largest absolute Gasteiger partial charge is 0.455 e. The van der Waals surface area contributed by atoms with E-state index in [9.17, 15) is 4.79 Å². The molecule has 46 valence electrons. The number of ether oxygens (including phenoxy) is 1. The average molecular weight is 123 g/mol. The standard InChI is InChI=1S/C6H5NO2/c1-2-6(8)9-5-3-4-7/h1H,3,5H2. The second-order valence-electron chi connectivity index (χ2n) is 1.19. The van der Waals surface area contributed by atoms with Crippen LogP contribution >= 0.6 is 0 Å². The van der Waals surface area contributed by atoms with Gasteiger partial charge in [-0.05, 0) is 0 Å². The molecule has 0 N–H and O–H groups in total. The molecule has 0 aromatic heterocycles. The van der Waals surface area contributed by atoms with Gasteiger partial charge in [-0.15, -0.1) is 6.42 Å². The zero-order chi connectivity index (χ0) is 7.11. The molecule has 0 saturated carbocycles. The van der Waals surface area contributed by atoms with Gasteiger partial charge in [0.1, 0.15) is 6.61 Å². The summed E-state index contributed by atoms with van der Waals surface area (Å²) in [5.74, 6) is 1.04. The van der Waals surface area contributed by atoms with Crippen molar-refractivity contribution >= 4 is 5.97 Å². The predicted octanol–water partition coefficient (Wildman–Crippen LogP) is 0.0765. The Morgan fingerprint density at radius 2 is 2.44 bits per heavy atom. The minimum atomic E-state index is -0.717. The predicted molar refractivity (Wildman–Crippen MR) is 30.0 cm³/mol. The van der Waals surface area contributed by atoms with Crippen molar-refractivity contribution < 1.29 is 9.53 Å². The molecule has 9 heavy (non-hydrogen) atoms. The van der Waals surface area contributed by atoms with Gasteiger partial charge in [-0.25, -0.2) is 4.79 Å². The fraction of sp³-hybridized carbons (Fsp3) is 0.333. The number of rotatable bonds is 2. The molecular formula is C6H5NO2. The molecule has 0 aliphatic heterocycles. The Kier molecular flexibility index (Phi) is 3.90. The zero-order valence-corrected chi connectivity index (χ0v) is 4.76. The number of carbonyl (C=O) groups excluding carboxylic acids is 1. The molecule has 0 aromatic carbocycles.